The topological polar surface area (TPSA) is 89.7 Å². The number of nitrogens with one attached hydrogen (secondary N) is 3. The van der Waals surface area contributed by atoms with Crippen molar-refractivity contribution in [1.82, 2.24) is 30.2 Å². The minimum absolute atomic E-state index is 0.0595. The van der Waals surface area contributed by atoms with Crippen LogP contribution < -0.4 is 5.32 Å². The molecule has 9 heteroatoms. The molecule has 4 heterocycles. The van der Waals surface area contributed by atoms with E-state index < -0.39 is 11.6 Å². The number of carbonyl (C=O) groups excluding carboxylic acids is 1. The maximum Gasteiger partial charge on any atom is 0.230 e. The quantitative estimate of drug-likeness (QED) is 0.185. The summed E-state index contributed by atoms with van der Waals surface area (Å²) in [7, 11) is 0. The Balaban J connectivity index is 1.08. The van der Waals surface area contributed by atoms with Gasteiger partial charge in [-0.25, -0.2) is 18.7 Å². The van der Waals surface area contributed by atoms with Crippen LogP contribution in [0.15, 0.2) is 79.1 Å². The van der Waals surface area contributed by atoms with E-state index in [2.05, 4.69) is 25.3 Å². The van der Waals surface area contributed by atoms with Gasteiger partial charge >= 0.3 is 0 Å². The second-order valence-corrected chi connectivity index (χ2v) is 11.7. The summed E-state index contributed by atoms with van der Waals surface area (Å²) in [5.74, 6) is 0.413. The highest BCUT2D eigenvalue weighted by molar-refractivity contribution is 5.84. The SMILES string of the molecule is C[C@@H](C(=O)N1CCC[C@H]1c1ncc(-c2ccc(-c3ccc(-c4cnc([C@@H]5CCCN5)[nH]4)c(F)c3)cc2F)[nH]1)c1ccccc1. The highest BCUT2D eigenvalue weighted by atomic mass is 19.1. The third-order valence-electron chi connectivity index (χ3n) is 8.95. The Morgan fingerprint density at radius 2 is 1.48 bits per heavy atom. The Morgan fingerprint density at radius 3 is 2.09 bits per heavy atom. The molecule has 5 aromatic rings. The number of likely N-dealkylation sites (tertiary alicyclic amines) is 1. The molecule has 3 N–H and O–H groups in total. The predicted octanol–water partition coefficient (Wildman–Crippen LogP) is 7.30. The number of aromatic amines is 2. The fourth-order valence-electron chi connectivity index (χ4n) is 6.49. The largest absolute Gasteiger partial charge is 0.341 e. The van der Waals surface area contributed by atoms with Crippen LogP contribution in [0.5, 0.6) is 0 Å². The van der Waals surface area contributed by atoms with Gasteiger partial charge in [0, 0.05) is 17.7 Å². The number of H-pyrrole nitrogens is 2. The Kier molecular flexibility index (Phi) is 7.56. The van der Waals surface area contributed by atoms with Crippen molar-refractivity contribution < 1.29 is 13.6 Å². The van der Waals surface area contributed by atoms with Crippen LogP contribution in [0.1, 0.15) is 67.8 Å². The van der Waals surface area contributed by atoms with Crippen LogP contribution in [-0.4, -0.2) is 43.8 Å². The van der Waals surface area contributed by atoms with Gasteiger partial charge in [0.05, 0.1) is 41.8 Å². The average Bonchev–Trinajstić information content (AvgIpc) is 3.87. The van der Waals surface area contributed by atoms with E-state index in [1.54, 1.807) is 36.7 Å². The molecule has 224 valence electrons. The molecule has 3 aromatic carbocycles. The minimum atomic E-state index is -0.443. The molecule has 1 amide bonds. The monoisotopic (exact) mass is 592 g/mol. The standard InChI is InChI=1S/C35H34F2N6O/c1-21(22-7-3-2-4-8-22)35(44)43-16-6-10-32(43)34-40-20-31(42-34)26-14-12-24(18-28(26)37)23-11-13-25(27(36)17-23)30-19-39-33(41-30)29-9-5-15-38-29/h2-4,7-8,11-14,17-21,29,32,38H,5-6,9-10,15-16H2,1H3,(H,39,41)(H,40,42)/t21-,29+,32+/m1/s1. The van der Waals surface area contributed by atoms with Crippen molar-refractivity contribution in [2.45, 2.75) is 50.6 Å². The molecule has 2 aliphatic heterocycles. The van der Waals surface area contributed by atoms with E-state index in [-0.39, 0.29) is 23.9 Å². The number of rotatable bonds is 7. The fraction of sp³-hybridized carbons (Fsp3) is 0.286. The van der Waals surface area contributed by atoms with E-state index in [0.717, 1.165) is 43.6 Å². The van der Waals surface area contributed by atoms with Crippen LogP contribution in [0.25, 0.3) is 33.6 Å². The van der Waals surface area contributed by atoms with Crippen molar-refractivity contribution in [1.29, 1.82) is 0 Å². The zero-order chi connectivity index (χ0) is 30.2. The molecule has 44 heavy (non-hydrogen) atoms. The molecule has 2 fully saturated rings. The highest BCUT2D eigenvalue weighted by Crippen LogP contribution is 2.36. The van der Waals surface area contributed by atoms with Crippen molar-refractivity contribution >= 4 is 5.91 Å². The van der Waals surface area contributed by atoms with Crippen LogP contribution in [0, 0.1) is 11.6 Å². The summed E-state index contributed by atoms with van der Waals surface area (Å²) in [4.78, 5) is 30.8. The van der Waals surface area contributed by atoms with Gasteiger partial charge in [0.15, 0.2) is 0 Å². The normalized spacial score (nSPS) is 19.0. The molecule has 7 rings (SSSR count). The summed E-state index contributed by atoms with van der Waals surface area (Å²) in [5, 5.41) is 3.39. The van der Waals surface area contributed by atoms with Crippen molar-refractivity contribution in [2.24, 2.45) is 0 Å². The molecule has 0 aliphatic carbocycles. The lowest BCUT2D eigenvalue weighted by molar-refractivity contribution is -0.133. The van der Waals surface area contributed by atoms with Crippen LogP contribution in [0.3, 0.4) is 0 Å². The second-order valence-electron chi connectivity index (χ2n) is 11.7. The summed E-state index contributed by atoms with van der Waals surface area (Å²) < 4.78 is 30.7. The number of hydrogen-bond donors (Lipinski definition) is 3. The Morgan fingerprint density at radius 1 is 0.841 bits per heavy atom. The van der Waals surface area contributed by atoms with Crippen LogP contribution in [-0.2, 0) is 4.79 Å². The van der Waals surface area contributed by atoms with E-state index >= 15 is 8.78 Å². The second kappa shape index (κ2) is 11.8. The van der Waals surface area contributed by atoms with Gasteiger partial charge in [0.25, 0.3) is 0 Å². The first kappa shape index (κ1) is 28.2. The van der Waals surface area contributed by atoms with Gasteiger partial charge < -0.3 is 20.2 Å². The highest BCUT2D eigenvalue weighted by Gasteiger charge is 2.34. The minimum Gasteiger partial charge on any atom is -0.341 e. The number of aromatic nitrogens is 4. The number of halogens is 2. The van der Waals surface area contributed by atoms with Gasteiger partial charge in [-0.2, -0.15) is 0 Å². The molecule has 2 aromatic heterocycles. The Bertz CT molecular complexity index is 1790. The van der Waals surface area contributed by atoms with Crippen LogP contribution in [0.4, 0.5) is 8.78 Å². The van der Waals surface area contributed by atoms with Gasteiger partial charge in [-0.1, -0.05) is 42.5 Å². The molecular formula is C35H34F2N6O. The Labute approximate surface area is 254 Å². The third kappa shape index (κ3) is 5.32. The molecule has 3 atom stereocenters. The zero-order valence-electron chi connectivity index (χ0n) is 24.5. The first-order chi connectivity index (χ1) is 21.5. The lowest BCUT2D eigenvalue weighted by Crippen LogP contribution is -2.34. The number of benzene rings is 3. The lowest BCUT2D eigenvalue weighted by Gasteiger charge is -2.26. The van der Waals surface area contributed by atoms with Crippen molar-refractivity contribution in [3.63, 3.8) is 0 Å². The molecule has 0 radical (unpaired) electrons. The summed E-state index contributed by atoms with van der Waals surface area (Å²) in [5.41, 5.74) is 4.06. The maximum absolute atomic E-state index is 15.5. The third-order valence-corrected chi connectivity index (χ3v) is 8.95. The summed E-state index contributed by atoms with van der Waals surface area (Å²) >= 11 is 0. The van der Waals surface area contributed by atoms with Crippen LogP contribution in [0.2, 0.25) is 0 Å². The maximum atomic E-state index is 15.5. The lowest BCUT2D eigenvalue weighted by atomic mass is 9.99. The molecule has 7 nitrogen and oxygen atoms in total. The zero-order valence-corrected chi connectivity index (χ0v) is 24.5. The number of imidazole rings is 2. The summed E-state index contributed by atoms with van der Waals surface area (Å²) in [6.07, 6.45) is 7.04. The van der Waals surface area contributed by atoms with Gasteiger partial charge in [0.1, 0.15) is 23.3 Å². The molecule has 0 unspecified atom stereocenters. The molecule has 0 bridgehead atoms. The number of carbonyl (C=O) groups is 1. The smallest absolute Gasteiger partial charge is 0.230 e. The van der Waals surface area contributed by atoms with Gasteiger partial charge in [-0.05, 0) is 80.1 Å². The van der Waals surface area contributed by atoms with Gasteiger partial charge in [-0.3, -0.25) is 4.79 Å². The number of nitrogens with zero attached hydrogens (tertiary/aromatic N) is 3. The van der Waals surface area contributed by atoms with Gasteiger partial charge in [-0.15, -0.1) is 0 Å². The van der Waals surface area contributed by atoms with E-state index in [9.17, 15) is 4.79 Å². The van der Waals surface area contributed by atoms with Crippen LogP contribution >= 0.6 is 0 Å². The van der Waals surface area contributed by atoms with E-state index in [1.807, 2.05) is 42.2 Å². The van der Waals surface area contributed by atoms with Crippen molar-refractivity contribution in [3.8, 4) is 33.6 Å². The molecular weight excluding hydrogens is 558 g/mol. The van der Waals surface area contributed by atoms with Crippen molar-refractivity contribution in [3.05, 3.63) is 108 Å². The van der Waals surface area contributed by atoms with E-state index in [0.29, 0.717) is 46.0 Å². The first-order valence-electron chi connectivity index (χ1n) is 15.2. The Hall–Kier alpha value is -4.63. The predicted molar refractivity (Wildman–Crippen MR) is 165 cm³/mol. The summed E-state index contributed by atoms with van der Waals surface area (Å²) in [6, 6.07) is 19.5. The molecule has 2 aliphatic rings. The number of hydrogen-bond acceptors (Lipinski definition) is 4. The average molecular weight is 593 g/mol. The first-order valence-corrected chi connectivity index (χ1v) is 15.2. The van der Waals surface area contributed by atoms with Crippen molar-refractivity contribution in [2.75, 3.05) is 13.1 Å². The number of amides is 1. The molecule has 2 saturated heterocycles. The molecule has 0 saturated carbocycles. The fourth-order valence-corrected chi connectivity index (χ4v) is 6.49. The molecule has 0 spiro atoms. The van der Waals surface area contributed by atoms with E-state index in [4.69, 9.17) is 0 Å². The van der Waals surface area contributed by atoms with Gasteiger partial charge in [0.2, 0.25) is 5.91 Å². The summed E-state index contributed by atoms with van der Waals surface area (Å²) in [6.45, 7) is 3.54. The van der Waals surface area contributed by atoms with E-state index in [1.165, 1.54) is 12.1 Å².